The van der Waals surface area contributed by atoms with Crippen LogP contribution in [0.5, 0.6) is 0 Å². The number of aliphatic carboxylic acids is 1. The number of sulfonamides is 1. The van der Waals surface area contributed by atoms with Crippen LogP contribution in [0.1, 0.15) is 22.8 Å². The Morgan fingerprint density at radius 3 is 2.59 bits per heavy atom. The zero-order valence-electron chi connectivity index (χ0n) is 14.6. The summed E-state index contributed by atoms with van der Waals surface area (Å²) in [6.45, 7) is 3.04. The average Bonchev–Trinajstić information content (AvgIpc) is 2.60. The van der Waals surface area contributed by atoms with Crippen molar-refractivity contribution in [3.05, 3.63) is 58.6 Å². The van der Waals surface area contributed by atoms with Gasteiger partial charge in [0.05, 0.1) is 22.1 Å². The van der Waals surface area contributed by atoms with Crippen LogP contribution < -0.4 is 10.0 Å². The summed E-state index contributed by atoms with van der Waals surface area (Å²) in [6, 6.07) is 11.3. The minimum absolute atomic E-state index is 0.0112. The van der Waals surface area contributed by atoms with Gasteiger partial charge in [0, 0.05) is 11.6 Å². The number of hydrogen-bond donors (Lipinski definition) is 3. The Morgan fingerprint density at radius 2 is 1.96 bits per heavy atom. The van der Waals surface area contributed by atoms with E-state index in [1.807, 2.05) is 0 Å². The summed E-state index contributed by atoms with van der Waals surface area (Å²) in [7, 11) is -3.94. The van der Waals surface area contributed by atoms with Gasteiger partial charge in [-0.1, -0.05) is 24.6 Å². The molecule has 3 N–H and O–H groups in total. The number of aryl methyl sites for hydroxylation is 1. The zero-order chi connectivity index (χ0) is 20.2. The summed E-state index contributed by atoms with van der Waals surface area (Å²) in [5.41, 5.74) is 0.669. The van der Waals surface area contributed by atoms with Gasteiger partial charge in [0.2, 0.25) is 0 Å². The van der Waals surface area contributed by atoms with E-state index in [1.165, 1.54) is 43.3 Å². The number of carboxylic acid groups (broad SMARTS) is 1. The lowest BCUT2D eigenvalue weighted by molar-refractivity contribution is -0.140. The molecule has 0 bridgehead atoms. The largest absolute Gasteiger partial charge is 0.481 e. The van der Waals surface area contributed by atoms with Crippen molar-refractivity contribution in [2.45, 2.75) is 18.7 Å². The lowest BCUT2D eigenvalue weighted by Gasteiger charge is -2.14. The Hall–Kier alpha value is -2.58. The summed E-state index contributed by atoms with van der Waals surface area (Å²) in [4.78, 5) is 23.3. The van der Waals surface area contributed by atoms with E-state index in [2.05, 4.69) is 16.1 Å². The van der Waals surface area contributed by atoms with E-state index >= 15 is 0 Å². The highest BCUT2D eigenvalue weighted by Gasteiger charge is 2.20. The number of nitrogens with one attached hydrogen (secondary N) is 2. The molecular weight excluding hydrogens is 392 g/mol. The molecule has 0 aliphatic heterocycles. The molecule has 0 spiro atoms. The summed E-state index contributed by atoms with van der Waals surface area (Å²) >= 11 is 5.93. The number of carbonyl (C=O) groups excluding carboxylic acids is 1. The van der Waals surface area contributed by atoms with Crippen molar-refractivity contribution in [1.82, 2.24) is 5.32 Å². The molecule has 2 rings (SSSR count). The van der Waals surface area contributed by atoms with Gasteiger partial charge in [-0.2, -0.15) is 0 Å². The fourth-order valence-corrected chi connectivity index (χ4v) is 3.49. The lowest BCUT2D eigenvalue weighted by Crippen LogP contribution is -2.32. The van der Waals surface area contributed by atoms with E-state index in [-0.39, 0.29) is 27.7 Å². The summed E-state index contributed by atoms with van der Waals surface area (Å²) in [5.74, 6) is -2.49. The molecule has 1 unspecified atom stereocenters. The number of rotatable bonds is 7. The minimum atomic E-state index is -3.94. The van der Waals surface area contributed by atoms with Crippen LogP contribution in [0.2, 0.25) is 5.02 Å². The molecule has 2 aromatic carbocycles. The minimum Gasteiger partial charge on any atom is -0.481 e. The van der Waals surface area contributed by atoms with Gasteiger partial charge in [-0.25, -0.2) is 8.42 Å². The third kappa shape index (κ3) is 5.45. The maximum Gasteiger partial charge on any atom is 0.308 e. The highest BCUT2D eigenvalue weighted by Crippen LogP contribution is 2.24. The van der Waals surface area contributed by atoms with Crippen molar-refractivity contribution in [3.63, 3.8) is 0 Å². The molecule has 1 radical (unpaired) electrons. The number of carbonyl (C=O) groups is 2. The van der Waals surface area contributed by atoms with Crippen LogP contribution in [0.4, 0.5) is 5.69 Å². The monoisotopic (exact) mass is 409 g/mol. The van der Waals surface area contributed by atoms with E-state index in [9.17, 15) is 18.0 Å². The molecule has 9 heteroatoms. The second kappa shape index (κ2) is 8.41. The first-order valence-electron chi connectivity index (χ1n) is 7.92. The van der Waals surface area contributed by atoms with E-state index in [4.69, 9.17) is 16.7 Å². The predicted octanol–water partition coefficient (Wildman–Crippen LogP) is 2.70. The lowest BCUT2D eigenvalue weighted by atomic mass is 10.1. The van der Waals surface area contributed by atoms with Gasteiger partial charge in [-0.3, -0.25) is 14.3 Å². The second-order valence-electron chi connectivity index (χ2n) is 5.95. The number of hydrogen-bond acceptors (Lipinski definition) is 4. The Labute approximate surface area is 162 Å². The molecule has 27 heavy (non-hydrogen) atoms. The summed E-state index contributed by atoms with van der Waals surface area (Å²) in [6.07, 6.45) is 0. The highest BCUT2D eigenvalue weighted by atomic mass is 35.5. The molecule has 0 aliphatic rings. The SMILES string of the molecule is Cc1[c]ccc(S(=O)(=O)Nc2ccc(Cl)cc2C(=O)NCC(C)C(=O)O)c1. The number of benzene rings is 2. The number of halogens is 1. The highest BCUT2D eigenvalue weighted by molar-refractivity contribution is 7.92. The fraction of sp³-hybridized carbons (Fsp3) is 0.222. The molecule has 0 aromatic heterocycles. The van der Waals surface area contributed by atoms with Crippen molar-refractivity contribution < 1.29 is 23.1 Å². The van der Waals surface area contributed by atoms with Crippen molar-refractivity contribution in [1.29, 1.82) is 0 Å². The summed E-state index contributed by atoms with van der Waals surface area (Å²) in [5, 5.41) is 11.6. The first kappa shape index (κ1) is 20.7. The zero-order valence-corrected chi connectivity index (χ0v) is 16.2. The number of anilines is 1. The standard InChI is InChI=1S/C18H18ClN2O5S/c1-11-4-3-5-14(8-11)27(25,26)21-16-7-6-13(19)9-15(16)17(22)20-10-12(2)18(23)24/h3,5-9,12,21H,10H2,1-2H3,(H,20,22)(H,23,24). The normalized spacial score (nSPS) is 12.3. The predicted molar refractivity (Wildman–Crippen MR) is 101 cm³/mol. The topological polar surface area (TPSA) is 113 Å². The molecule has 0 saturated carbocycles. The maximum absolute atomic E-state index is 12.6. The fourth-order valence-electron chi connectivity index (χ4n) is 2.15. The van der Waals surface area contributed by atoms with Gasteiger partial charge in [-0.05, 0) is 48.9 Å². The molecule has 0 saturated heterocycles. The Kier molecular flexibility index (Phi) is 6.45. The molecule has 143 valence electrons. The quantitative estimate of drug-likeness (QED) is 0.650. The molecule has 1 amide bonds. The van der Waals surface area contributed by atoms with E-state index in [0.29, 0.717) is 5.56 Å². The first-order valence-corrected chi connectivity index (χ1v) is 9.78. The van der Waals surface area contributed by atoms with Crippen LogP contribution in [0.3, 0.4) is 0 Å². The van der Waals surface area contributed by atoms with E-state index in [1.54, 1.807) is 6.92 Å². The van der Waals surface area contributed by atoms with Gasteiger partial charge in [-0.15, -0.1) is 0 Å². The number of amides is 1. The van der Waals surface area contributed by atoms with Crippen LogP contribution in [0, 0.1) is 18.9 Å². The molecular formula is C18H18ClN2O5S. The Balaban J connectivity index is 2.30. The maximum atomic E-state index is 12.6. The summed E-state index contributed by atoms with van der Waals surface area (Å²) < 4.78 is 27.6. The van der Waals surface area contributed by atoms with Crippen molar-refractivity contribution in [2.75, 3.05) is 11.3 Å². The molecule has 0 fully saturated rings. The Morgan fingerprint density at radius 1 is 1.26 bits per heavy atom. The molecule has 0 aliphatic carbocycles. The Bertz CT molecular complexity index is 975. The van der Waals surface area contributed by atoms with Crippen LogP contribution in [0.25, 0.3) is 0 Å². The van der Waals surface area contributed by atoms with Crippen LogP contribution in [-0.4, -0.2) is 31.9 Å². The first-order chi connectivity index (χ1) is 12.6. The third-order valence-corrected chi connectivity index (χ3v) is 5.29. The second-order valence-corrected chi connectivity index (χ2v) is 8.07. The average molecular weight is 410 g/mol. The van der Waals surface area contributed by atoms with Gasteiger partial charge in [0.1, 0.15) is 0 Å². The number of carboxylic acids is 1. The van der Waals surface area contributed by atoms with Gasteiger partial charge in [0.25, 0.3) is 15.9 Å². The molecule has 0 heterocycles. The molecule has 7 nitrogen and oxygen atoms in total. The molecule has 1 atom stereocenters. The van der Waals surface area contributed by atoms with Crippen molar-refractivity contribution in [2.24, 2.45) is 5.92 Å². The van der Waals surface area contributed by atoms with E-state index < -0.39 is 27.8 Å². The van der Waals surface area contributed by atoms with Gasteiger partial charge < -0.3 is 10.4 Å². The van der Waals surface area contributed by atoms with Crippen molar-refractivity contribution in [3.8, 4) is 0 Å². The van der Waals surface area contributed by atoms with Gasteiger partial charge >= 0.3 is 5.97 Å². The molecule has 2 aromatic rings. The van der Waals surface area contributed by atoms with Crippen molar-refractivity contribution >= 4 is 39.2 Å². The third-order valence-electron chi connectivity index (χ3n) is 3.69. The van der Waals surface area contributed by atoms with Gasteiger partial charge in [0.15, 0.2) is 0 Å². The van der Waals surface area contributed by atoms with E-state index in [0.717, 1.165) is 0 Å². The van der Waals surface area contributed by atoms with Crippen LogP contribution >= 0.6 is 11.6 Å². The smallest absolute Gasteiger partial charge is 0.308 e. The van der Waals surface area contributed by atoms with Crippen LogP contribution in [0.15, 0.2) is 41.3 Å². The van der Waals surface area contributed by atoms with Crippen LogP contribution in [-0.2, 0) is 14.8 Å².